The van der Waals surface area contributed by atoms with Gasteiger partial charge in [0.1, 0.15) is 0 Å². The summed E-state index contributed by atoms with van der Waals surface area (Å²) >= 11 is 0. The summed E-state index contributed by atoms with van der Waals surface area (Å²) in [5.74, 6) is -0.585. The van der Waals surface area contributed by atoms with Gasteiger partial charge in [0.25, 0.3) is 0 Å². The SMILES string of the molecule is COC(=O)/C=C\n1nnn(-c2cccnc2)c1=O. The maximum Gasteiger partial charge on any atom is 0.372 e. The van der Waals surface area contributed by atoms with E-state index in [1.807, 2.05) is 0 Å². The number of hydrogen-bond acceptors (Lipinski definition) is 6. The highest BCUT2D eigenvalue weighted by Crippen LogP contribution is 1.97. The maximum absolute atomic E-state index is 11.8. The first-order valence-corrected chi connectivity index (χ1v) is 4.93. The second kappa shape index (κ2) is 5.04. The lowest BCUT2D eigenvalue weighted by Crippen LogP contribution is -2.21. The lowest BCUT2D eigenvalue weighted by molar-refractivity contribution is -0.134. The van der Waals surface area contributed by atoms with E-state index in [0.717, 1.165) is 15.4 Å². The molecule has 0 bridgehead atoms. The van der Waals surface area contributed by atoms with E-state index in [4.69, 9.17) is 0 Å². The third-order valence-electron chi connectivity index (χ3n) is 2.05. The molecule has 2 aromatic rings. The molecule has 0 aliphatic carbocycles. The molecule has 8 nitrogen and oxygen atoms in total. The van der Waals surface area contributed by atoms with Crippen molar-refractivity contribution in [2.45, 2.75) is 0 Å². The average Bonchev–Trinajstić information content (AvgIpc) is 2.78. The zero-order valence-electron chi connectivity index (χ0n) is 9.42. The van der Waals surface area contributed by atoms with E-state index in [1.165, 1.54) is 19.5 Å². The summed E-state index contributed by atoms with van der Waals surface area (Å²) in [5.41, 5.74) is -0.0247. The van der Waals surface area contributed by atoms with Gasteiger partial charge in [-0.15, -0.1) is 0 Å². The highest BCUT2D eigenvalue weighted by molar-refractivity contribution is 5.84. The molecule has 0 saturated carbocycles. The van der Waals surface area contributed by atoms with Gasteiger partial charge in [-0.1, -0.05) is 0 Å². The molecular formula is C10H9N5O3. The van der Waals surface area contributed by atoms with Crippen LogP contribution in [0.5, 0.6) is 0 Å². The molecule has 0 atom stereocenters. The first-order chi connectivity index (χ1) is 8.72. The van der Waals surface area contributed by atoms with Crippen molar-refractivity contribution in [1.29, 1.82) is 0 Å². The molecule has 0 saturated heterocycles. The zero-order valence-corrected chi connectivity index (χ0v) is 9.42. The Labute approximate surface area is 101 Å². The Hall–Kier alpha value is -2.77. The summed E-state index contributed by atoms with van der Waals surface area (Å²) in [6.07, 6.45) is 5.30. The van der Waals surface area contributed by atoms with Crippen molar-refractivity contribution < 1.29 is 9.53 Å². The minimum absolute atomic E-state index is 0.486. The van der Waals surface area contributed by atoms with Crippen LogP contribution in [0, 0.1) is 0 Å². The third-order valence-corrected chi connectivity index (χ3v) is 2.05. The number of ether oxygens (including phenoxy) is 1. The van der Waals surface area contributed by atoms with Gasteiger partial charge in [-0.2, -0.15) is 9.36 Å². The lowest BCUT2D eigenvalue weighted by Gasteiger charge is -1.94. The zero-order chi connectivity index (χ0) is 13.0. The largest absolute Gasteiger partial charge is 0.466 e. The molecule has 2 rings (SSSR count). The van der Waals surface area contributed by atoms with Crippen molar-refractivity contribution in [1.82, 2.24) is 24.8 Å². The summed E-state index contributed by atoms with van der Waals surface area (Å²) in [6, 6.07) is 3.34. The molecule has 0 unspecified atom stereocenters. The van der Waals surface area contributed by atoms with Gasteiger partial charge in [0.15, 0.2) is 0 Å². The van der Waals surface area contributed by atoms with Gasteiger partial charge >= 0.3 is 11.7 Å². The molecule has 0 spiro atoms. The van der Waals surface area contributed by atoms with Crippen LogP contribution in [0.1, 0.15) is 0 Å². The Bertz CT molecular complexity index is 628. The number of hydrogen-bond donors (Lipinski definition) is 0. The van der Waals surface area contributed by atoms with Crippen molar-refractivity contribution in [2.24, 2.45) is 0 Å². The predicted molar refractivity (Wildman–Crippen MR) is 60.8 cm³/mol. The number of aromatic nitrogens is 5. The fourth-order valence-corrected chi connectivity index (χ4v) is 1.19. The molecule has 2 heterocycles. The van der Waals surface area contributed by atoms with Gasteiger partial charge in [0, 0.05) is 18.5 Å². The minimum Gasteiger partial charge on any atom is -0.466 e. The first-order valence-electron chi connectivity index (χ1n) is 4.93. The van der Waals surface area contributed by atoms with Crippen molar-refractivity contribution >= 4 is 12.2 Å². The third kappa shape index (κ3) is 2.32. The van der Waals surface area contributed by atoms with Crippen LogP contribution in [0.4, 0.5) is 0 Å². The molecule has 0 aliphatic heterocycles. The van der Waals surface area contributed by atoms with Crippen LogP contribution in [-0.4, -0.2) is 37.9 Å². The Morgan fingerprint density at radius 3 is 2.94 bits per heavy atom. The van der Waals surface area contributed by atoms with Crippen LogP contribution in [-0.2, 0) is 9.53 Å². The van der Waals surface area contributed by atoms with Crippen LogP contribution < -0.4 is 5.69 Å². The number of nitrogens with zero attached hydrogens (tertiary/aromatic N) is 5. The van der Waals surface area contributed by atoms with Crippen molar-refractivity contribution in [3.05, 3.63) is 41.1 Å². The van der Waals surface area contributed by atoms with E-state index >= 15 is 0 Å². The van der Waals surface area contributed by atoms with Crippen LogP contribution in [0.15, 0.2) is 35.4 Å². The normalized spacial score (nSPS) is 10.7. The number of rotatable bonds is 3. The molecule has 0 radical (unpaired) electrons. The molecular weight excluding hydrogens is 238 g/mol. The molecule has 0 aliphatic rings. The predicted octanol–water partition coefficient (Wildman–Crippen LogP) is -0.532. The number of tetrazole rings is 1. The van der Waals surface area contributed by atoms with Crippen LogP contribution in [0.3, 0.4) is 0 Å². The van der Waals surface area contributed by atoms with E-state index < -0.39 is 11.7 Å². The summed E-state index contributed by atoms with van der Waals surface area (Å²) in [7, 11) is 1.24. The number of methoxy groups -OCH3 is 1. The van der Waals surface area contributed by atoms with Gasteiger partial charge in [0.2, 0.25) is 0 Å². The average molecular weight is 247 g/mol. The highest BCUT2D eigenvalue weighted by Gasteiger charge is 2.06. The molecule has 2 aromatic heterocycles. The Morgan fingerprint density at radius 2 is 2.28 bits per heavy atom. The second-order valence-electron chi connectivity index (χ2n) is 3.17. The summed E-state index contributed by atoms with van der Waals surface area (Å²) in [6.45, 7) is 0. The summed E-state index contributed by atoms with van der Waals surface area (Å²) < 4.78 is 6.38. The fourth-order valence-electron chi connectivity index (χ4n) is 1.19. The van der Waals surface area contributed by atoms with Crippen molar-refractivity contribution in [3.63, 3.8) is 0 Å². The maximum atomic E-state index is 11.8. The monoisotopic (exact) mass is 247 g/mol. The molecule has 0 aromatic carbocycles. The van der Waals surface area contributed by atoms with Gasteiger partial charge in [0.05, 0.1) is 19.0 Å². The smallest absolute Gasteiger partial charge is 0.372 e. The molecule has 0 amide bonds. The Kier molecular flexibility index (Phi) is 3.28. The minimum atomic E-state index is -0.585. The van der Waals surface area contributed by atoms with E-state index in [-0.39, 0.29) is 0 Å². The van der Waals surface area contributed by atoms with Gasteiger partial charge in [-0.05, 0) is 22.6 Å². The van der Waals surface area contributed by atoms with Crippen LogP contribution in [0.25, 0.3) is 11.9 Å². The van der Waals surface area contributed by atoms with E-state index in [9.17, 15) is 9.59 Å². The quantitative estimate of drug-likeness (QED) is 0.534. The van der Waals surface area contributed by atoms with Gasteiger partial charge in [-0.3, -0.25) is 4.98 Å². The molecule has 92 valence electrons. The number of carbonyl (C=O) groups is 1. The van der Waals surface area contributed by atoms with Gasteiger partial charge < -0.3 is 4.74 Å². The first kappa shape index (κ1) is 11.7. The number of carbonyl (C=O) groups excluding carboxylic acids is 1. The summed E-state index contributed by atoms with van der Waals surface area (Å²) in [5, 5.41) is 7.26. The summed E-state index contributed by atoms with van der Waals surface area (Å²) in [4.78, 5) is 26.6. The fraction of sp³-hybridized carbons (Fsp3) is 0.100. The Morgan fingerprint density at radius 1 is 1.44 bits per heavy atom. The second-order valence-corrected chi connectivity index (χ2v) is 3.17. The topological polar surface area (TPSA) is 91.9 Å². The van der Waals surface area contributed by atoms with Crippen molar-refractivity contribution in [2.75, 3.05) is 7.11 Å². The lowest BCUT2D eigenvalue weighted by atomic mass is 10.4. The number of pyridine rings is 1. The molecule has 18 heavy (non-hydrogen) atoms. The van der Waals surface area contributed by atoms with E-state index in [0.29, 0.717) is 5.69 Å². The highest BCUT2D eigenvalue weighted by atomic mass is 16.5. The molecule has 0 N–H and O–H groups in total. The Balaban J connectivity index is 2.33. The standard InChI is InChI=1S/C10H9N5O3/c1-18-9(16)4-6-14-10(17)15(13-12-14)8-3-2-5-11-7-8/h2-7H,1H3/b6-4-. The van der Waals surface area contributed by atoms with E-state index in [2.05, 4.69) is 20.1 Å². The number of esters is 1. The molecule has 0 fully saturated rings. The van der Waals surface area contributed by atoms with Gasteiger partial charge in [-0.25, -0.2) is 9.59 Å². The van der Waals surface area contributed by atoms with E-state index in [1.54, 1.807) is 18.3 Å². The van der Waals surface area contributed by atoms with Crippen LogP contribution >= 0.6 is 0 Å². The van der Waals surface area contributed by atoms with Crippen LogP contribution in [0.2, 0.25) is 0 Å². The molecule has 8 heteroatoms. The van der Waals surface area contributed by atoms with Crippen molar-refractivity contribution in [3.8, 4) is 5.69 Å².